The predicted molar refractivity (Wildman–Crippen MR) is 85.2 cm³/mol. The van der Waals surface area contributed by atoms with Crippen LogP contribution < -0.4 is 5.32 Å². The molecule has 2 aromatic carbocycles. The molecule has 0 aliphatic rings. The Bertz CT molecular complexity index is 608. The van der Waals surface area contributed by atoms with Gasteiger partial charge in [-0.05, 0) is 35.6 Å². The highest BCUT2D eigenvalue weighted by molar-refractivity contribution is 5.95. The predicted octanol–water partition coefficient (Wildman–Crippen LogP) is 3.48. The van der Waals surface area contributed by atoms with E-state index in [0.717, 1.165) is 29.7 Å². The van der Waals surface area contributed by atoms with Crippen LogP contribution in [0, 0.1) is 0 Å². The molecule has 2 aromatic rings. The van der Waals surface area contributed by atoms with Crippen molar-refractivity contribution in [3.8, 4) is 0 Å². The van der Waals surface area contributed by atoms with Gasteiger partial charge in [-0.25, -0.2) is 0 Å². The molecule has 3 nitrogen and oxygen atoms in total. The van der Waals surface area contributed by atoms with E-state index in [-0.39, 0.29) is 0 Å². The molecule has 3 heteroatoms. The topological polar surface area (TPSA) is 49.3 Å². The Labute approximate surface area is 125 Å². The van der Waals surface area contributed by atoms with Gasteiger partial charge in [-0.3, -0.25) is 4.79 Å². The molecule has 2 N–H and O–H groups in total. The SMILES string of the molecule is CCc1ccc(CC)c(NC(=O)C(O)c2ccccc2)c1. The number of nitrogens with one attached hydrogen (secondary N) is 1. The fraction of sp³-hybridized carbons (Fsp3) is 0.278. The summed E-state index contributed by atoms with van der Waals surface area (Å²) in [5.41, 5.74) is 3.62. The average molecular weight is 283 g/mol. The lowest BCUT2D eigenvalue weighted by Crippen LogP contribution is -2.21. The van der Waals surface area contributed by atoms with Crippen molar-refractivity contribution < 1.29 is 9.90 Å². The van der Waals surface area contributed by atoms with E-state index in [1.165, 1.54) is 0 Å². The molecule has 0 aromatic heterocycles. The molecular formula is C18H21NO2. The van der Waals surface area contributed by atoms with Crippen molar-refractivity contribution in [3.05, 3.63) is 65.2 Å². The molecule has 21 heavy (non-hydrogen) atoms. The van der Waals surface area contributed by atoms with E-state index >= 15 is 0 Å². The highest BCUT2D eigenvalue weighted by Crippen LogP contribution is 2.21. The van der Waals surface area contributed by atoms with Gasteiger partial charge in [-0.1, -0.05) is 56.3 Å². The fourth-order valence-corrected chi connectivity index (χ4v) is 2.26. The summed E-state index contributed by atoms with van der Waals surface area (Å²) < 4.78 is 0. The zero-order chi connectivity index (χ0) is 15.2. The number of amides is 1. The highest BCUT2D eigenvalue weighted by atomic mass is 16.3. The highest BCUT2D eigenvalue weighted by Gasteiger charge is 2.18. The van der Waals surface area contributed by atoms with Gasteiger partial charge >= 0.3 is 0 Å². The second-order valence-corrected chi connectivity index (χ2v) is 5.00. The van der Waals surface area contributed by atoms with Crippen molar-refractivity contribution in [2.45, 2.75) is 32.8 Å². The van der Waals surface area contributed by atoms with Gasteiger partial charge in [-0.15, -0.1) is 0 Å². The Balaban J connectivity index is 2.19. The monoisotopic (exact) mass is 283 g/mol. The first-order chi connectivity index (χ1) is 10.2. The maximum absolute atomic E-state index is 12.2. The average Bonchev–Trinajstić information content (AvgIpc) is 2.54. The number of hydrogen-bond donors (Lipinski definition) is 2. The Morgan fingerprint density at radius 1 is 1.10 bits per heavy atom. The molecule has 1 atom stereocenters. The molecule has 0 radical (unpaired) electrons. The number of benzene rings is 2. The third kappa shape index (κ3) is 3.70. The zero-order valence-electron chi connectivity index (χ0n) is 12.5. The largest absolute Gasteiger partial charge is 0.378 e. The second kappa shape index (κ2) is 7.04. The summed E-state index contributed by atoms with van der Waals surface area (Å²) in [6, 6.07) is 15.0. The second-order valence-electron chi connectivity index (χ2n) is 5.00. The van der Waals surface area contributed by atoms with Crippen molar-refractivity contribution in [3.63, 3.8) is 0 Å². The van der Waals surface area contributed by atoms with Crippen molar-refractivity contribution >= 4 is 11.6 Å². The number of aliphatic hydroxyl groups excluding tert-OH is 1. The van der Waals surface area contributed by atoms with Crippen molar-refractivity contribution in [2.75, 3.05) is 5.32 Å². The van der Waals surface area contributed by atoms with Crippen LogP contribution in [0.15, 0.2) is 48.5 Å². The maximum atomic E-state index is 12.2. The summed E-state index contributed by atoms with van der Waals surface area (Å²) in [5.74, 6) is -0.399. The van der Waals surface area contributed by atoms with Crippen LogP contribution in [0.3, 0.4) is 0 Å². The Morgan fingerprint density at radius 3 is 2.43 bits per heavy atom. The summed E-state index contributed by atoms with van der Waals surface area (Å²) in [6.45, 7) is 4.12. The third-order valence-corrected chi connectivity index (χ3v) is 3.58. The molecule has 0 spiro atoms. The first-order valence-corrected chi connectivity index (χ1v) is 7.31. The molecule has 1 unspecified atom stereocenters. The molecule has 0 aliphatic carbocycles. The van der Waals surface area contributed by atoms with Crippen LogP contribution >= 0.6 is 0 Å². The van der Waals surface area contributed by atoms with Crippen molar-refractivity contribution in [1.29, 1.82) is 0 Å². The van der Waals surface area contributed by atoms with Crippen molar-refractivity contribution in [1.82, 2.24) is 0 Å². The minimum absolute atomic E-state index is 0.399. The molecule has 2 rings (SSSR count). The van der Waals surface area contributed by atoms with E-state index < -0.39 is 12.0 Å². The normalized spacial score (nSPS) is 12.0. The Kier molecular flexibility index (Phi) is 5.12. The van der Waals surface area contributed by atoms with Gasteiger partial charge in [0.05, 0.1) is 0 Å². The van der Waals surface area contributed by atoms with E-state index in [2.05, 4.69) is 18.3 Å². The number of carbonyl (C=O) groups is 1. The lowest BCUT2D eigenvalue weighted by Gasteiger charge is -2.15. The van der Waals surface area contributed by atoms with E-state index in [4.69, 9.17) is 0 Å². The van der Waals surface area contributed by atoms with Crippen LogP contribution in [0.5, 0.6) is 0 Å². The summed E-state index contributed by atoms with van der Waals surface area (Å²) in [6.07, 6.45) is 0.594. The maximum Gasteiger partial charge on any atom is 0.257 e. The molecule has 0 heterocycles. The van der Waals surface area contributed by atoms with Gasteiger partial charge in [0.15, 0.2) is 6.10 Å². The molecule has 0 saturated carbocycles. The number of rotatable bonds is 5. The van der Waals surface area contributed by atoms with Crippen LogP contribution in [0.25, 0.3) is 0 Å². The van der Waals surface area contributed by atoms with Crippen molar-refractivity contribution in [2.24, 2.45) is 0 Å². The van der Waals surface area contributed by atoms with Crippen LogP contribution in [0.2, 0.25) is 0 Å². The smallest absolute Gasteiger partial charge is 0.257 e. The standard InChI is InChI=1S/C18H21NO2/c1-3-13-10-11-14(4-2)16(12-13)19-18(21)17(20)15-8-6-5-7-9-15/h5-12,17,20H,3-4H2,1-2H3,(H,19,21). The molecule has 0 saturated heterocycles. The molecule has 0 fully saturated rings. The third-order valence-electron chi connectivity index (χ3n) is 3.58. The quantitative estimate of drug-likeness (QED) is 0.882. The Hall–Kier alpha value is -2.13. The fourth-order valence-electron chi connectivity index (χ4n) is 2.26. The lowest BCUT2D eigenvalue weighted by atomic mass is 10.0. The van der Waals surface area contributed by atoms with E-state index in [9.17, 15) is 9.90 Å². The minimum Gasteiger partial charge on any atom is -0.378 e. The van der Waals surface area contributed by atoms with Crippen LogP contribution in [0.4, 0.5) is 5.69 Å². The minimum atomic E-state index is -1.15. The summed E-state index contributed by atoms with van der Waals surface area (Å²) in [5, 5.41) is 13.0. The van der Waals surface area contributed by atoms with Gasteiger partial charge in [-0.2, -0.15) is 0 Å². The summed E-state index contributed by atoms with van der Waals surface area (Å²) in [4.78, 5) is 12.2. The van der Waals surface area contributed by atoms with Gasteiger partial charge in [0, 0.05) is 5.69 Å². The molecule has 1 amide bonds. The van der Waals surface area contributed by atoms with Crippen LogP contribution in [-0.2, 0) is 17.6 Å². The van der Waals surface area contributed by atoms with E-state index in [1.807, 2.05) is 25.1 Å². The number of hydrogen-bond acceptors (Lipinski definition) is 2. The van der Waals surface area contributed by atoms with Gasteiger partial charge < -0.3 is 10.4 Å². The first kappa shape index (κ1) is 15.3. The van der Waals surface area contributed by atoms with Gasteiger partial charge in [0.1, 0.15) is 0 Å². The summed E-state index contributed by atoms with van der Waals surface area (Å²) >= 11 is 0. The number of carbonyl (C=O) groups excluding carboxylic acids is 1. The number of aliphatic hydroxyl groups is 1. The lowest BCUT2D eigenvalue weighted by molar-refractivity contribution is -0.124. The zero-order valence-corrected chi connectivity index (χ0v) is 12.5. The van der Waals surface area contributed by atoms with E-state index in [0.29, 0.717) is 5.56 Å². The first-order valence-electron chi connectivity index (χ1n) is 7.31. The van der Waals surface area contributed by atoms with E-state index in [1.54, 1.807) is 24.3 Å². The van der Waals surface area contributed by atoms with Crippen LogP contribution in [-0.4, -0.2) is 11.0 Å². The molecule has 110 valence electrons. The Morgan fingerprint density at radius 2 is 1.81 bits per heavy atom. The number of anilines is 1. The summed E-state index contributed by atoms with van der Waals surface area (Å²) in [7, 11) is 0. The molecule has 0 bridgehead atoms. The molecule has 0 aliphatic heterocycles. The number of aryl methyl sites for hydroxylation is 2. The van der Waals surface area contributed by atoms with Crippen LogP contribution in [0.1, 0.15) is 36.6 Å². The van der Waals surface area contributed by atoms with Gasteiger partial charge in [0.2, 0.25) is 0 Å². The molecular weight excluding hydrogens is 262 g/mol. The van der Waals surface area contributed by atoms with Gasteiger partial charge in [0.25, 0.3) is 5.91 Å².